The minimum atomic E-state index is -3.55. The molecule has 3 rings (SSSR count). The van der Waals surface area contributed by atoms with E-state index in [1.807, 2.05) is 31.2 Å². The van der Waals surface area contributed by atoms with Gasteiger partial charge in [0.15, 0.2) is 0 Å². The van der Waals surface area contributed by atoms with E-state index in [0.717, 1.165) is 17.6 Å². The van der Waals surface area contributed by atoms with E-state index in [2.05, 4.69) is 10.1 Å². The number of benzene rings is 2. The Morgan fingerprint density at radius 1 is 1.17 bits per heavy atom. The van der Waals surface area contributed by atoms with Crippen LogP contribution in [0.2, 0.25) is 5.02 Å². The minimum absolute atomic E-state index is 0.145. The van der Waals surface area contributed by atoms with E-state index >= 15 is 0 Å². The second-order valence-corrected chi connectivity index (χ2v) is 10.4. The Labute approximate surface area is 210 Å². The fourth-order valence-electron chi connectivity index (χ4n) is 3.49. The standard InChI is InChI=1S/C24H29ClN4O5S/c1-5-33-19-13-11-18(12-14-19)24-26-22(34-27-24)16-28(3)23(30)10-7-15-29(35(4,31)32)21-9-6-8-20(25)17(21)2/h6,8-9,11-14H,5,7,10,15-16H2,1-4H3. The number of amides is 1. The molecule has 0 aliphatic heterocycles. The summed E-state index contributed by atoms with van der Waals surface area (Å²) in [5.74, 6) is 1.31. The molecule has 0 aliphatic rings. The van der Waals surface area contributed by atoms with Gasteiger partial charge < -0.3 is 14.2 Å². The van der Waals surface area contributed by atoms with Crippen LogP contribution in [-0.2, 0) is 21.4 Å². The molecule has 11 heteroatoms. The number of carbonyl (C=O) groups excluding carboxylic acids is 1. The monoisotopic (exact) mass is 520 g/mol. The molecule has 0 unspecified atom stereocenters. The first-order valence-corrected chi connectivity index (χ1v) is 13.4. The number of aromatic nitrogens is 2. The van der Waals surface area contributed by atoms with E-state index in [9.17, 15) is 13.2 Å². The molecule has 0 fully saturated rings. The van der Waals surface area contributed by atoms with E-state index in [-0.39, 0.29) is 25.4 Å². The van der Waals surface area contributed by atoms with Crippen molar-refractivity contribution in [1.29, 1.82) is 0 Å². The van der Waals surface area contributed by atoms with Crippen molar-refractivity contribution < 1.29 is 22.5 Å². The maximum absolute atomic E-state index is 12.6. The van der Waals surface area contributed by atoms with Crippen LogP contribution in [0.1, 0.15) is 31.2 Å². The quantitative estimate of drug-likeness (QED) is 0.371. The first kappa shape index (κ1) is 26.5. The largest absolute Gasteiger partial charge is 0.494 e. The van der Waals surface area contributed by atoms with Crippen LogP contribution in [0.15, 0.2) is 47.0 Å². The fourth-order valence-corrected chi connectivity index (χ4v) is 4.68. The van der Waals surface area contributed by atoms with Crippen molar-refractivity contribution in [3.05, 3.63) is 58.9 Å². The summed E-state index contributed by atoms with van der Waals surface area (Å²) < 4.78 is 36.8. The van der Waals surface area contributed by atoms with E-state index < -0.39 is 10.0 Å². The molecule has 0 spiro atoms. The van der Waals surface area contributed by atoms with E-state index in [4.69, 9.17) is 20.9 Å². The number of hydrogen-bond acceptors (Lipinski definition) is 7. The van der Waals surface area contributed by atoms with Crippen molar-refractivity contribution in [3.8, 4) is 17.1 Å². The highest BCUT2D eigenvalue weighted by Gasteiger charge is 2.21. The molecular formula is C24H29ClN4O5S. The van der Waals surface area contributed by atoms with Crippen LogP contribution in [0.4, 0.5) is 5.69 Å². The topological polar surface area (TPSA) is 106 Å². The lowest BCUT2D eigenvalue weighted by Gasteiger charge is -2.25. The van der Waals surface area contributed by atoms with Crippen molar-refractivity contribution >= 4 is 33.2 Å². The summed E-state index contributed by atoms with van der Waals surface area (Å²) in [5, 5.41) is 4.47. The van der Waals surface area contributed by atoms with Crippen molar-refractivity contribution in [2.24, 2.45) is 0 Å². The number of anilines is 1. The number of halogens is 1. The third-order valence-corrected chi connectivity index (χ3v) is 6.94. The molecule has 0 saturated carbocycles. The average molecular weight is 521 g/mol. The molecule has 2 aromatic carbocycles. The molecule has 0 atom stereocenters. The second kappa shape index (κ2) is 11.5. The average Bonchev–Trinajstić information content (AvgIpc) is 3.27. The predicted molar refractivity (Wildman–Crippen MR) is 135 cm³/mol. The Hall–Kier alpha value is -3.11. The normalized spacial score (nSPS) is 11.3. The molecule has 0 aliphatic carbocycles. The maximum atomic E-state index is 12.6. The molecule has 0 saturated heterocycles. The number of hydrogen-bond donors (Lipinski definition) is 0. The smallest absolute Gasteiger partial charge is 0.246 e. The zero-order chi connectivity index (χ0) is 25.6. The Morgan fingerprint density at radius 3 is 2.54 bits per heavy atom. The summed E-state index contributed by atoms with van der Waals surface area (Å²) >= 11 is 6.16. The third-order valence-electron chi connectivity index (χ3n) is 5.35. The maximum Gasteiger partial charge on any atom is 0.246 e. The summed E-state index contributed by atoms with van der Waals surface area (Å²) in [6.45, 7) is 4.56. The van der Waals surface area contributed by atoms with Crippen LogP contribution >= 0.6 is 11.6 Å². The fraction of sp³-hybridized carbons (Fsp3) is 0.375. The zero-order valence-electron chi connectivity index (χ0n) is 20.2. The molecule has 9 nitrogen and oxygen atoms in total. The van der Waals surface area contributed by atoms with Crippen LogP contribution in [0.3, 0.4) is 0 Å². The molecule has 1 heterocycles. The van der Waals surface area contributed by atoms with Gasteiger partial charge in [0.25, 0.3) is 0 Å². The van der Waals surface area contributed by atoms with E-state index in [1.165, 1.54) is 9.21 Å². The lowest BCUT2D eigenvalue weighted by atomic mass is 10.2. The Balaban J connectivity index is 1.57. The van der Waals surface area contributed by atoms with Gasteiger partial charge in [-0.2, -0.15) is 4.98 Å². The van der Waals surface area contributed by atoms with Gasteiger partial charge in [0.2, 0.25) is 27.6 Å². The molecule has 35 heavy (non-hydrogen) atoms. The van der Waals surface area contributed by atoms with Gasteiger partial charge in [0.05, 0.1) is 25.1 Å². The number of carbonyl (C=O) groups is 1. The van der Waals surface area contributed by atoms with Crippen LogP contribution in [0, 0.1) is 6.92 Å². The van der Waals surface area contributed by atoms with Crippen molar-refractivity contribution in [1.82, 2.24) is 15.0 Å². The van der Waals surface area contributed by atoms with Crippen LogP contribution in [0.5, 0.6) is 5.75 Å². The number of rotatable bonds is 11. The lowest BCUT2D eigenvalue weighted by Crippen LogP contribution is -2.33. The van der Waals surface area contributed by atoms with Gasteiger partial charge in [0, 0.05) is 30.6 Å². The van der Waals surface area contributed by atoms with Gasteiger partial charge in [-0.05, 0) is 62.2 Å². The van der Waals surface area contributed by atoms with Gasteiger partial charge in [-0.3, -0.25) is 9.10 Å². The summed E-state index contributed by atoms with van der Waals surface area (Å²) in [4.78, 5) is 18.5. The third kappa shape index (κ3) is 6.95. The first-order chi connectivity index (χ1) is 16.6. The Kier molecular flexibility index (Phi) is 8.74. The predicted octanol–water partition coefficient (Wildman–Crippen LogP) is 4.30. The van der Waals surface area contributed by atoms with Crippen LogP contribution in [-0.4, -0.2) is 55.8 Å². The Morgan fingerprint density at radius 2 is 1.89 bits per heavy atom. The van der Waals surface area contributed by atoms with Crippen molar-refractivity contribution in [2.75, 3.05) is 30.8 Å². The summed E-state index contributed by atoms with van der Waals surface area (Å²) in [6, 6.07) is 12.4. The molecular weight excluding hydrogens is 492 g/mol. The minimum Gasteiger partial charge on any atom is -0.494 e. The molecule has 1 aromatic heterocycles. The zero-order valence-corrected chi connectivity index (χ0v) is 21.8. The molecule has 3 aromatic rings. The lowest BCUT2D eigenvalue weighted by molar-refractivity contribution is -0.130. The van der Waals surface area contributed by atoms with Gasteiger partial charge in [-0.15, -0.1) is 0 Å². The molecule has 1 amide bonds. The highest BCUT2D eigenvalue weighted by Crippen LogP contribution is 2.28. The van der Waals surface area contributed by atoms with Gasteiger partial charge >= 0.3 is 0 Å². The number of ether oxygens (including phenoxy) is 1. The molecule has 0 bridgehead atoms. The summed E-state index contributed by atoms with van der Waals surface area (Å²) in [5.41, 5.74) is 1.95. The van der Waals surface area contributed by atoms with Crippen LogP contribution < -0.4 is 9.04 Å². The first-order valence-electron chi connectivity index (χ1n) is 11.1. The highest BCUT2D eigenvalue weighted by atomic mass is 35.5. The second-order valence-electron chi connectivity index (χ2n) is 8.04. The summed E-state index contributed by atoms with van der Waals surface area (Å²) in [6.07, 6.45) is 1.63. The van der Waals surface area contributed by atoms with E-state index in [1.54, 1.807) is 32.2 Å². The number of sulfonamides is 1. The van der Waals surface area contributed by atoms with Crippen LogP contribution in [0.25, 0.3) is 11.4 Å². The van der Waals surface area contributed by atoms with E-state index in [0.29, 0.717) is 41.0 Å². The van der Waals surface area contributed by atoms with Gasteiger partial charge in [0.1, 0.15) is 5.75 Å². The summed E-state index contributed by atoms with van der Waals surface area (Å²) in [7, 11) is -1.91. The number of nitrogens with zero attached hydrogens (tertiary/aromatic N) is 4. The van der Waals surface area contributed by atoms with Crippen molar-refractivity contribution in [2.45, 2.75) is 33.2 Å². The molecule has 0 N–H and O–H groups in total. The van der Waals surface area contributed by atoms with Crippen molar-refractivity contribution in [3.63, 3.8) is 0 Å². The van der Waals surface area contributed by atoms with Gasteiger partial charge in [-0.1, -0.05) is 22.8 Å². The van der Waals surface area contributed by atoms with Gasteiger partial charge in [-0.25, -0.2) is 8.42 Å². The SMILES string of the molecule is CCOc1ccc(-c2noc(CN(C)C(=O)CCCN(c3cccc(Cl)c3C)S(C)(=O)=O)n2)cc1. The molecule has 0 radical (unpaired) electrons. The molecule has 188 valence electrons. The highest BCUT2D eigenvalue weighted by molar-refractivity contribution is 7.92. The Bertz CT molecular complexity index is 1260.